The molecule has 0 radical (unpaired) electrons. The van der Waals surface area contributed by atoms with Gasteiger partial charge in [-0.15, -0.1) is 0 Å². The van der Waals surface area contributed by atoms with Crippen LogP contribution in [0.3, 0.4) is 0 Å². The Kier molecular flexibility index (Phi) is 9.28. The number of hydrogen-bond donors (Lipinski definition) is 0. The lowest BCUT2D eigenvalue weighted by atomic mass is 10.1. The maximum absolute atomic E-state index is 11.6. The van der Waals surface area contributed by atoms with E-state index >= 15 is 0 Å². The van der Waals surface area contributed by atoms with Gasteiger partial charge >= 0.3 is 23.9 Å². The predicted molar refractivity (Wildman–Crippen MR) is 87.2 cm³/mol. The van der Waals surface area contributed by atoms with Crippen LogP contribution in [-0.4, -0.2) is 37.6 Å². The van der Waals surface area contributed by atoms with Crippen LogP contribution in [0.4, 0.5) is 0 Å². The van der Waals surface area contributed by atoms with Gasteiger partial charge < -0.3 is 14.2 Å². The van der Waals surface area contributed by atoms with Crippen LogP contribution in [0, 0.1) is 0 Å². The molecule has 0 aliphatic rings. The highest BCUT2D eigenvalue weighted by Gasteiger charge is 2.11. The molecule has 1 rings (SSSR count). The van der Waals surface area contributed by atoms with Gasteiger partial charge in [-0.2, -0.15) is 0 Å². The molecule has 7 nitrogen and oxygen atoms in total. The molecule has 0 saturated heterocycles. The number of methoxy groups -OCH3 is 1. The van der Waals surface area contributed by atoms with E-state index in [1.54, 1.807) is 24.3 Å². The molecule has 0 bridgehead atoms. The zero-order chi connectivity index (χ0) is 18.5. The van der Waals surface area contributed by atoms with E-state index in [2.05, 4.69) is 4.74 Å². The molecule has 0 N–H and O–H groups in total. The van der Waals surface area contributed by atoms with Crippen molar-refractivity contribution in [2.24, 2.45) is 0 Å². The average molecular weight is 348 g/mol. The molecule has 0 aliphatic carbocycles. The van der Waals surface area contributed by atoms with Crippen molar-refractivity contribution in [2.45, 2.75) is 25.7 Å². The second kappa shape index (κ2) is 11.6. The lowest BCUT2D eigenvalue weighted by Gasteiger charge is -2.04. The minimum absolute atomic E-state index is 0.0384. The number of carbonyl (C=O) groups is 4. The Hall–Kier alpha value is -2.96. The second-order valence-corrected chi connectivity index (χ2v) is 4.99. The summed E-state index contributed by atoms with van der Waals surface area (Å²) in [5, 5.41) is 0. The van der Waals surface area contributed by atoms with Gasteiger partial charge in [-0.05, 0) is 18.4 Å². The number of hydrogen-bond acceptors (Lipinski definition) is 7. The molecule has 0 atom stereocenters. The maximum atomic E-state index is 11.6. The molecule has 0 fully saturated rings. The first-order chi connectivity index (χ1) is 12.0. The zero-order valence-corrected chi connectivity index (χ0v) is 13.9. The first-order valence-electron chi connectivity index (χ1n) is 7.71. The second-order valence-electron chi connectivity index (χ2n) is 4.99. The van der Waals surface area contributed by atoms with Crippen molar-refractivity contribution in [3.8, 4) is 0 Å². The summed E-state index contributed by atoms with van der Waals surface area (Å²) >= 11 is 0. The Morgan fingerprint density at radius 3 is 2.28 bits per heavy atom. The molecule has 1 aromatic rings. The summed E-state index contributed by atoms with van der Waals surface area (Å²) in [4.78, 5) is 45.1. The maximum Gasteiger partial charge on any atom is 0.331 e. The topological polar surface area (TPSA) is 96.0 Å². The number of rotatable bonds is 9. The average Bonchev–Trinajstić information content (AvgIpc) is 2.60. The monoisotopic (exact) mass is 348 g/mol. The fourth-order valence-corrected chi connectivity index (χ4v) is 1.77. The summed E-state index contributed by atoms with van der Waals surface area (Å²) in [6, 6.07) is 8.97. The highest BCUT2D eigenvalue weighted by atomic mass is 16.6. The van der Waals surface area contributed by atoms with Gasteiger partial charge in [0.1, 0.15) is 0 Å². The molecular weight excluding hydrogens is 328 g/mol. The summed E-state index contributed by atoms with van der Waals surface area (Å²) in [5.74, 6) is -2.54. The van der Waals surface area contributed by atoms with Crippen LogP contribution in [0.2, 0.25) is 0 Å². The van der Waals surface area contributed by atoms with Crippen LogP contribution in [0.5, 0.6) is 0 Å². The quantitative estimate of drug-likeness (QED) is 0.220. The summed E-state index contributed by atoms with van der Waals surface area (Å²) in [6.07, 6.45) is 2.85. The smallest absolute Gasteiger partial charge is 0.331 e. The number of ether oxygens (including phenoxy) is 3. The van der Waals surface area contributed by atoms with Gasteiger partial charge in [0.05, 0.1) is 20.1 Å². The van der Waals surface area contributed by atoms with Crippen LogP contribution in [0.15, 0.2) is 42.5 Å². The predicted octanol–water partition coefficient (Wildman–Crippen LogP) is 1.74. The summed E-state index contributed by atoms with van der Waals surface area (Å²) < 4.78 is 13.9. The minimum Gasteiger partial charge on any atom is -0.466 e. The van der Waals surface area contributed by atoms with Crippen molar-refractivity contribution in [3.05, 3.63) is 48.0 Å². The molecule has 7 heteroatoms. The fourth-order valence-electron chi connectivity index (χ4n) is 1.77. The lowest BCUT2D eigenvalue weighted by molar-refractivity contribution is -0.159. The van der Waals surface area contributed by atoms with Crippen molar-refractivity contribution in [1.29, 1.82) is 0 Å². The summed E-state index contributed by atoms with van der Waals surface area (Å²) in [6.45, 7) is 0.0928. The number of unbranched alkanes of at least 4 members (excludes halogenated alkanes) is 1. The van der Waals surface area contributed by atoms with E-state index in [1.165, 1.54) is 7.11 Å². The van der Waals surface area contributed by atoms with Crippen molar-refractivity contribution < 1.29 is 33.4 Å². The SMILES string of the molecule is COC(=O)/C=C\C(=O)OCCCCC(=O)OC(=O)Cc1ccccc1. The molecule has 134 valence electrons. The Morgan fingerprint density at radius 2 is 1.60 bits per heavy atom. The van der Waals surface area contributed by atoms with E-state index in [4.69, 9.17) is 9.47 Å². The van der Waals surface area contributed by atoms with Crippen LogP contribution >= 0.6 is 0 Å². The van der Waals surface area contributed by atoms with Gasteiger partial charge in [0.25, 0.3) is 0 Å². The van der Waals surface area contributed by atoms with Crippen molar-refractivity contribution in [3.63, 3.8) is 0 Å². The number of esters is 4. The zero-order valence-electron chi connectivity index (χ0n) is 13.9. The van der Waals surface area contributed by atoms with Gasteiger partial charge in [0.15, 0.2) is 0 Å². The first-order valence-corrected chi connectivity index (χ1v) is 7.71. The van der Waals surface area contributed by atoms with Gasteiger partial charge in [-0.25, -0.2) is 9.59 Å². The summed E-state index contributed by atoms with van der Waals surface area (Å²) in [7, 11) is 1.20. The third-order valence-corrected chi connectivity index (χ3v) is 3.00. The third kappa shape index (κ3) is 9.70. The van der Waals surface area contributed by atoms with E-state index < -0.39 is 23.9 Å². The molecule has 0 unspecified atom stereocenters. The third-order valence-electron chi connectivity index (χ3n) is 3.00. The highest BCUT2D eigenvalue weighted by molar-refractivity contribution is 5.91. The molecule has 0 aromatic heterocycles. The molecule has 25 heavy (non-hydrogen) atoms. The van der Waals surface area contributed by atoms with E-state index in [-0.39, 0.29) is 19.4 Å². The van der Waals surface area contributed by atoms with Gasteiger partial charge in [-0.1, -0.05) is 30.3 Å². The highest BCUT2D eigenvalue weighted by Crippen LogP contribution is 2.03. The molecule has 0 saturated carbocycles. The van der Waals surface area contributed by atoms with Crippen molar-refractivity contribution in [1.82, 2.24) is 0 Å². The number of carbonyl (C=O) groups excluding carboxylic acids is 4. The van der Waals surface area contributed by atoms with Crippen LogP contribution in [0.25, 0.3) is 0 Å². The summed E-state index contributed by atoms with van der Waals surface area (Å²) in [5.41, 5.74) is 0.771. The Morgan fingerprint density at radius 1 is 0.920 bits per heavy atom. The molecule has 0 heterocycles. The van der Waals surface area contributed by atoms with Gasteiger partial charge in [0, 0.05) is 18.6 Å². The Labute approximate surface area is 145 Å². The molecule has 0 aliphatic heterocycles. The van der Waals surface area contributed by atoms with E-state index in [0.717, 1.165) is 17.7 Å². The van der Waals surface area contributed by atoms with Crippen LogP contribution in [-0.2, 0) is 39.8 Å². The van der Waals surface area contributed by atoms with Gasteiger partial charge in [-0.3, -0.25) is 9.59 Å². The number of benzene rings is 1. The van der Waals surface area contributed by atoms with E-state index in [1.807, 2.05) is 6.07 Å². The first kappa shape index (κ1) is 20.1. The van der Waals surface area contributed by atoms with E-state index in [9.17, 15) is 19.2 Å². The molecular formula is C18H20O7. The standard InChI is InChI=1S/C18H20O7/c1-23-15(19)10-11-16(20)24-12-6-5-9-17(21)25-18(22)13-14-7-3-2-4-8-14/h2-4,7-8,10-11H,5-6,9,12-13H2,1H3/b11-10-. The molecule has 0 spiro atoms. The van der Waals surface area contributed by atoms with Crippen LogP contribution < -0.4 is 0 Å². The van der Waals surface area contributed by atoms with Crippen molar-refractivity contribution >= 4 is 23.9 Å². The largest absolute Gasteiger partial charge is 0.466 e. The minimum atomic E-state index is -0.675. The Bertz CT molecular complexity index is 620. The fraction of sp³-hybridized carbons (Fsp3) is 0.333. The van der Waals surface area contributed by atoms with Crippen molar-refractivity contribution in [2.75, 3.05) is 13.7 Å². The Balaban J connectivity index is 2.12. The molecule has 1 aromatic carbocycles. The van der Waals surface area contributed by atoms with Crippen LogP contribution in [0.1, 0.15) is 24.8 Å². The van der Waals surface area contributed by atoms with Gasteiger partial charge in [0.2, 0.25) is 0 Å². The van der Waals surface area contributed by atoms with E-state index in [0.29, 0.717) is 12.8 Å². The molecule has 0 amide bonds. The lowest BCUT2D eigenvalue weighted by Crippen LogP contribution is -2.14. The normalized spacial score (nSPS) is 10.3.